The van der Waals surface area contributed by atoms with Gasteiger partial charge in [0.15, 0.2) is 0 Å². The zero-order chi connectivity index (χ0) is 27.4. The first-order valence-corrected chi connectivity index (χ1v) is 13.0. The van der Waals surface area contributed by atoms with Gasteiger partial charge in [0.05, 0.1) is 5.41 Å². The van der Waals surface area contributed by atoms with Gasteiger partial charge in [-0.3, -0.25) is 9.59 Å². The average Bonchev–Trinajstić information content (AvgIpc) is 3.59. The second kappa shape index (κ2) is 9.29. The van der Waals surface area contributed by atoms with Crippen LogP contribution in [0.3, 0.4) is 0 Å². The van der Waals surface area contributed by atoms with Crippen molar-refractivity contribution in [2.75, 3.05) is 13.1 Å². The van der Waals surface area contributed by atoms with Crippen molar-refractivity contribution < 1.29 is 27.2 Å². The Labute approximate surface area is 223 Å². The summed E-state index contributed by atoms with van der Waals surface area (Å²) in [5.41, 5.74) is 9.09. The number of furan rings is 1. The fraction of sp³-hybridized carbons (Fsp3) is 0.290. The first-order chi connectivity index (χ1) is 18.6. The molecule has 0 radical (unpaired) electrons. The van der Waals surface area contributed by atoms with Gasteiger partial charge in [-0.1, -0.05) is 24.3 Å². The predicted octanol–water partition coefficient (Wildman–Crippen LogP) is 6.59. The molecule has 6 rings (SSSR count). The average molecular weight is 533 g/mol. The second-order valence-electron chi connectivity index (χ2n) is 10.7. The van der Waals surface area contributed by atoms with Crippen LogP contribution in [0.4, 0.5) is 13.2 Å². The number of nitrogens with zero attached hydrogens (tertiary/aromatic N) is 1. The van der Waals surface area contributed by atoms with Gasteiger partial charge in [0.25, 0.3) is 11.8 Å². The third-order valence-electron chi connectivity index (χ3n) is 7.94. The van der Waals surface area contributed by atoms with Crippen LogP contribution in [0.2, 0.25) is 0 Å². The summed E-state index contributed by atoms with van der Waals surface area (Å²) in [5, 5.41) is 0.802. The molecule has 2 N–H and O–H groups in total. The van der Waals surface area contributed by atoms with Crippen LogP contribution in [-0.2, 0) is 11.2 Å². The zero-order valence-electron chi connectivity index (χ0n) is 21.2. The standard InChI is InChI=1S/C31H27F3N2O3/c32-24-3-1-2-21(15-24)26-17-22(14-23-16-25(39-27(23)26)18-30(8-9-30)29(35)38)19-4-6-20(7-5-19)28(37)36-12-10-31(33,34)11-13-36/h1-7,14-17H,8-13,18H2,(H2,35,38). The molecule has 1 aliphatic heterocycles. The fourth-order valence-corrected chi connectivity index (χ4v) is 5.35. The summed E-state index contributed by atoms with van der Waals surface area (Å²) in [7, 11) is 0. The highest BCUT2D eigenvalue weighted by Crippen LogP contribution is 2.49. The predicted molar refractivity (Wildman–Crippen MR) is 142 cm³/mol. The molecule has 4 aromatic rings. The summed E-state index contributed by atoms with van der Waals surface area (Å²) >= 11 is 0. The number of hydrogen-bond acceptors (Lipinski definition) is 3. The maximum Gasteiger partial charge on any atom is 0.253 e. The molecule has 2 amide bonds. The number of carbonyl (C=O) groups is 2. The lowest BCUT2D eigenvalue weighted by atomic mass is 9.95. The van der Waals surface area contributed by atoms with Crippen molar-refractivity contribution in [3.05, 3.63) is 83.9 Å². The van der Waals surface area contributed by atoms with Crippen LogP contribution < -0.4 is 5.73 Å². The van der Waals surface area contributed by atoms with Gasteiger partial charge in [-0.05, 0) is 72.0 Å². The Morgan fingerprint density at radius 1 is 0.872 bits per heavy atom. The van der Waals surface area contributed by atoms with Gasteiger partial charge in [-0.15, -0.1) is 0 Å². The van der Waals surface area contributed by atoms with Gasteiger partial charge in [0.2, 0.25) is 5.91 Å². The van der Waals surface area contributed by atoms with E-state index in [1.54, 1.807) is 24.3 Å². The van der Waals surface area contributed by atoms with Crippen molar-refractivity contribution in [2.45, 2.75) is 38.0 Å². The zero-order valence-corrected chi connectivity index (χ0v) is 21.2. The minimum atomic E-state index is -2.72. The number of rotatable bonds is 6. The van der Waals surface area contributed by atoms with Gasteiger partial charge < -0.3 is 15.1 Å². The van der Waals surface area contributed by atoms with E-state index in [0.29, 0.717) is 34.5 Å². The number of hydrogen-bond donors (Lipinski definition) is 1. The van der Waals surface area contributed by atoms with Crippen LogP contribution in [-0.4, -0.2) is 35.7 Å². The molecule has 0 atom stereocenters. The van der Waals surface area contributed by atoms with Crippen molar-refractivity contribution >= 4 is 22.8 Å². The number of alkyl halides is 2. The smallest absolute Gasteiger partial charge is 0.253 e. The fourth-order valence-electron chi connectivity index (χ4n) is 5.35. The molecule has 8 heteroatoms. The Kier molecular flexibility index (Phi) is 6.01. The monoisotopic (exact) mass is 532 g/mol. The van der Waals surface area contributed by atoms with Crippen LogP contribution in [0.25, 0.3) is 33.2 Å². The maximum absolute atomic E-state index is 14.2. The van der Waals surface area contributed by atoms with E-state index in [2.05, 4.69) is 0 Å². The molecule has 1 aromatic heterocycles. The molecule has 1 saturated heterocycles. The molecule has 0 spiro atoms. The van der Waals surface area contributed by atoms with Crippen LogP contribution >= 0.6 is 0 Å². The highest BCUT2D eigenvalue weighted by Gasteiger charge is 2.49. The third kappa shape index (κ3) is 4.91. The number of halogens is 3. The van der Waals surface area contributed by atoms with Crippen molar-refractivity contribution in [1.29, 1.82) is 0 Å². The number of nitrogens with two attached hydrogens (primary N) is 1. The van der Waals surface area contributed by atoms with Crippen molar-refractivity contribution in [3.8, 4) is 22.3 Å². The molecule has 2 heterocycles. The molecule has 5 nitrogen and oxygen atoms in total. The largest absolute Gasteiger partial charge is 0.460 e. The van der Waals surface area contributed by atoms with E-state index in [9.17, 15) is 22.8 Å². The highest BCUT2D eigenvalue weighted by atomic mass is 19.3. The Morgan fingerprint density at radius 3 is 2.23 bits per heavy atom. The summed E-state index contributed by atoms with van der Waals surface area (Å²) in [6, 6.07) is 19.0. The normalized spacial score (nSPS) is 17.8. The van der Waals surface area contributed by atoms with E-state index >= 15 is 0 Å². The van der Waals surface area contributed by atoms with Crippen LogP contribution in [0.5, 0.6) is 0 Å². The molecular formula is C31H27F3N2O3. The van der Waals surface area contributed by atoms with Gasteiger partial charge >= 0.3 is 0 Å². The van der Waals surface area contributed by atoms with Crippen molar-refractivity contribution in [3.63, 3.8) is 0 Å². The first-order valence-electron chi connectivity index (χ1n) is 13.0. The highest BCUT2D eigenvalue weighted by molar-refractivity contribution is 5.98. The van der Waals surface area contributed by atoms with Gasteiger partial charge in [0.1, 0.15) is 17.2 Å². The van der Waals surface area contributed by atoms with E-state index < -0.39 is 11.3 Å². The second-order valence-corrected chi connectivity index (χ2v) is 10.7. The molecule has 2 fully saturated rings. The molecule has 39 heavy (non-hydrogen) atoms. The van der Waals surface area contributed by atoms with Crippen LogP contribution in [0.15, 0.2) is 71.1 Å². The minimum Gasteiger partial charge on any atom is -0.460 e. The van der Waals surface area contributed by atoms with E-state index in [-0.39, 0.29) is 43.6 Å². The SMILES string of the molecule is NC(=O)C1(Cc2cc3cc(-c4ccc(C(=O)N5CCC(F)(F)CC5)cc4)cc(-c4cccc(F)c4)c3o2)CC1. The summed E-state index contributed by atoms with van der Waals surface area (Å²) in [5.74, 6) is -3.05. The molecule has 200 valence electrons. The topological polar surface area (TPSA) is 76.5 Å². The van der Waals surface area contributed by atoms with Gasteiger partial charge in [-0.25, -0.2) is 13.2 Å². The molecule has 3 aromatic carbocycles. The van der Waals surface area contributed by atoms with E-state index in [1.165, 1.54) is 17.0 Å². The molecular weight excluding hydrogens is 505 g/mol. The number of fused-ring (bicyclic) bond motifs is 1. The Hall–Kier alpha value is -4.07. The number of amides is 2. The first kappa shape index (κ1) is 25.2. The molecule has 2 aliphatic rings. The Bertz CT molecular complexity index is 1580. The van der Waals surface area contributed by atoms with E-state index in [0.717, 1.165) is 29.4 Å². The lowest BCUT2D eigenvalue weighted by molar-refractivity contribution is -0.123. The maximum atomic E-state index is 14.2. The van der Waals surface area contributed by atoms with E-state index in [1.807, 2.05) is 30.3 Å². The molecule has 1 aliphatic carbocycles. The molecule has 1 saturated carbocycles. The number of benzene rings is 3. The van der Waals surface area contributed by atoms with Crippen molar-refractivity contribution in [2.24, 2.45) is 11.1 Å². The lowest BCUT2D eigenvalue weighted by Gasteiger charge is -2.31. The Morgan fingerprint density at radius 2 is 1.59 bits per heavy atom. The lowest BCUT2D eigenvalue weighted by Crippen LogP contribution is -2.42. The van der Waals surface area contributed by atoms with Gasteiger partial charge in [-0.2, -0.15) is 0 Å². The summed E-state index contributed by atoms with van der Waals surface area (Å²) in [4.78, 5) is 26.3. The third-order valence-corrected chi connectivity index (χ3v) is 7.94. The molecule has 0 unspecified atom stereocenters. The summed E-state index contributed by atoms with van der Waals surface area (Å²) < 4.78 is 47.4. The number of primary amides is 1. The van der Waals surface area contributed by atoms with Gasteiger partial charge in [0, 0.05) is 48.9 Å². The quantitative estimate of drug-likeness (QED) is 0.305. The van der Waals surface area contributed by atoms with Crippen LogP contribution in [0.1, 0.15) is 41.8 Å². The van der Waals surface area contributed by atoms with E-state index in [4.69, 9.17) is 10.2 Å². The summed E-state index contributed by atoms with van der Waals surface area (Å²) in [6.45, 7) is 0.0578. The van der Waals surface area contributed by atoms with Crippen molar-refractivity contribution in [1.82, 2.24) is 4.90 Å². The molecule has 0 bridgehead atoms. The number of likely N-dealkylation sites (tertiary alicyclic amines) is 1. The summed E-state index contributed by atoms with van der Waals surface area (Å²) in [6.07, 6.45) is 1.21. The number of piperidine rings is 1. The number of carbonyl (C=O) groups excluding carboxylic acids is 2. The minimum absolute atomic E-state index is 0.0289. The van der Waals surface area contributed by atoms with Crippen LogP contribution in [0, 0.1) is 11.2 Å². The Balaban J connectivity index is 1.35.